The van der Waals surface area contributed by atoms with Gasteiger partial charge in [-0.1, -0.05) is 32.0 Å². The first-order chi connectivity index (χ1) is 11.3. The molecule has 0 bridgehead atoms. The van der Waals surface area contributed by atoms with Gasteiger partial charge in [0.1, 0.15) is 5.75 Å². The molecule has 0 spiro atoms. The smallest absolute Gasteiger partial charge is 0.222 e. The highest BCUT2D eigenvalue weighted by atomic mass is 32.2. The molecule has 1 aromatic rings. The summed E-state index contributed by atoms with van der Waals surface area (Å²) in [4.78, 5) is 13.9. The molecule has 1 aliphatic rings. The minimum atomic E-state index is -3.08. The molecule has 5 nitrogen and oxygen atoms in total. The first-order valence-electron chi connectivity index (χ1n) is 8.53. The van der Waals surface area contributed by atoms with Gasteiger partial charge in [0.25, 0.3) is 0 Å². The van der Waals surface area contributed by atoms with E-state index in [0.29, 0.717) is 32.5 Å². The molecule has 2 rings (SSSR count). The Kier molecular flexibility index (Phi) is 6.27. The number of carbonyl (C=O) groups excluding carboxylic acids is 1. The molecular weight excluding hydrogens is 326 g/mol. The molecule has 0 aromatic heterocycles. The maximum Gasteiger partial charge on any atom is 0.222 e. The van der Waals surface area contributed by atoms with Crippen LogP contribution in [0.4, 0.5) is 0 Å². The number of para-hydroxylation sites is 1. The quantitative estimate of drug-likeness (QED) is 0.719. The molecule has 134 valence electrons. The Hall–Kier alpha value is -1.56. The number of hydrogen-bond donors (Lipinski definition) is 0. The maximum atomic E-state index is 12.3. The van der Waals surface area contributed by atoms with Crippen LogP contribution in [0.2, 0.25) is 0 Å². The normalized spacial score (nSPS) is 15.4. The van der Waals surface area contributed by atoms with E-state index in [-0.39, 0.29) is 22.8 Å². The molecule has 0 atom stereocenters. The Morgan fingerprint density at radius 2 is 1.96 bits per heavy atom. The lowest BCUT2D eigenvalue weighted by atomic mass is 10.1. The highest BCUT2D eigenvalue weighted by Gasteiger charge is 2.39. The minimum absolute atomic E-state index is 0.0114. The van der Waals surface area contributed by atoms with Gasteiger partial charge in [0.2, 0.25) is 5.91 Å². The molecule has 24 heavy (non-hydrogen) atoms. The van der Waals surface area contributed by atoms with Gasteiger partial charge in [0.05, 0.1) is 17.6 Å². The number of aryl methyl sites for hydroxylation is 1. The standard InChI is InChI=1S/C18H27NO4S/c1-4-23-17-8-6-5-7-15(17)9-10-18(20)19-11-16(12-19)24(21,22)13-14(2)3/h5-8,14,16H,4,9-13H2,1-3H3. The lowest BCUT2D eigenvalue weighted by molar-refractivity contribution is -0.134. The highest BCUT2D eigenvalue weighted by molar-refractivity contribution is 7.92. The summed E-state index contributed by atoms with van der Waals surface area (Å²) in [6.07, 6.45) is 0.982. The largest absolute Gasteiger partial charge is 0.494 e. The first kappa shape index (κ1) is 18.8. The lowest BCUT2D eigenvalue weighted by Gasteiger charge is -2.39. The molecule has 0 saturated carbocycles. The molecule has 0 unspecified atom stereocenters. The number of benzene rings is 1. The van der Waals surface area contributed by atoms with Crippen molar-refractivity contribution in [2.24, 2.45) is 5.92 Å². The Morgan fingerprint density at radius 3 is 2.58 bits per heavy atom. The van der Waals surface area contributed by atoms with Crippen molar-refractivity contribution < 1.29 is 17.9 Å². The minimum Gasteiger partial charge on any atom is -0.494 e. The Bertz CT molecular complexity index is 663. The van der Waals surface area contributed by atoms with Crippen molar-refractivity contribution in [3.05, 3.63) is 29.8 Å². The van der Waals surface area contributed by atoms with E-state index in [4.69, 9.17) is 4.74 Å². The van der Waals surface area contributed by atoms with E-state index in [1.54, 1.807) is 4.90 Å². The first-order valence-corrected chi connectivity index (χ1v) is 10.2. The van der Waals surface area contributed by atoms with E-state index >= 15 is 0 Å². The van der Waals surface area contributed by atoms with Gasteiger partial charge in [0, 0.05) is 19.5 Å². The zero-order valence-corrected chi connectivity index (χ0v) is 15.5. The van der Waals surface area contributed by atoms with E-state index in [9.17, 15) is 13.2 Å². The van der Waals surface area contributed by atoms with Gasteiger partial charge in [-0.25, -0.2) is 8.42 Å². The Morgan fingerprint density at radius 1 is 1.29 bits per heavy atom. The molecule has 1 heterocycles. The van der Waals surface area contributed by atoms with E-state index in [2.05, 4.69) is 0 Å². The fourth-order valence-corrected chi connectivity index (χ4v) is 4.89. The molecule has 1 saturated heterocycles. The van der Waals surface area contributed by atoms with Crippen molar-refractivity contribution in [3.63, 3.8) is 0 Å². The van der Waals surface area contributed by atoms with Crippen LogP contribution in [-0.4, -0.2) is 49.9 Å². The van der Waals surface area contributed by atoms with Crippen molar-refractivity contribution in [2.75, 3.05) is 25.4 Å². The fraction of sp³-hybridized carbons (Fsp3) is 0.611. The van der Waals surface area contributed by atoms with Gasteiger partial charge in [-0.2, -0.15) is 0 Å². The average Bonchev–Trinajstić information content (AvgIpc) is 2.43. The third-order valence-corrected chi connectivity index (χ3v) is 6.60. The van der Waals surface area contributed by atoms with Crippen LogP contribution in [-0.2, 0) is 21.1 Å². The molecule has 1 fully saturated rings. The van der Waals surface area contributed by atoms with Gasteiger partial charge in [-0.05, 0) is 30.9 Å². The monoisotopic (exact) mass is 353 g/mol. The molecular formula is C18H27NO4S. The maximum absolute atomic E-state index is 12.3. The van der Waals surface area contributed by atoms with Crippen LogP contribution < -0.4 is 4.74 Å². The van der Waals surface area contributed by atoms with Crippen LogP contribution in [0.25, 0.3) is 0 Å². The fourth-order valence-electron chi connectivity index (χ4n) is 2.88. The number of sulfone groups is 1. The summed E-state index contributed by atoms with van der Waals surface area (Å²) in [5.41, 5.74) is 1.01. The second-order valence-electron chi connectivity index (χ2n) is 6.68. The molecule has 0 aliphatic carbocycles. The summed E-state index contributed by atoms with van der Waals surface area (Å²) in [6, 6.07) is 7.71. The summed E-state index contributed by atoms with van der Waals surface area (Å²) in [5.74, 6) is 1.14. The topological polar surface area (TPSA) is 63.7 Å². The van der Waals surface area contributed by atoms with Crippen molar-refractivity contribution in [2.45, 2.75) is 38.9 Å². The van der Waals surface area contributed by atoms with Gasteiger partial charge in [-0.15, -0.1) is 0 Å². The number of likely N-dealkylation sites (tertiary alicyclic amines) is 1. The van der Waals surface area contributed by atoms with Crippen LogP contribution in [0.1, 0.15) is 32.8 Å². The molecule has 1 aliphatic heterocycles. The van der Waals surface area contributed by atoms with Crippen molar-refractivity contribution in [1.82, 2.24) is 4.90 Å². The molecule has 1 aromatic carbocycles. The number of amides is 1. The molecule has 0 radical (unpaired) electrons. The van der Waals surface area contributed by atoms with Gasteiger partial charge >= 0.3 is 0 Å². The number of ether oxygens (including phenoxy) is 1. The summed E-state index contributed by atoms with van der Waals surface area (Å²) < 4.78 is 29.8. The van der Waals surface area contributed by atoms with E-state index in [1.165, 1.54) is 0 Å². The summed E-state index contributed by atoms with van der Waals surface area (Å²) >= 11 is 0. The van der Waals surface area contributed by atoms with Crippen molar-refractivity contribution >= 4 is 15.7 Å². The van der Waals surface area contributed by atoms with Gasteiger partial charge < -0.3 is 9.64 Å². The lowest BCUT2D eigenvalue weighted by Crippen LogP contribution is -2.57. The summed E-state index contributed by atoms with van der Waals surface area (Å²) in [6.45, 7) is 6.98. The van der Waals surface area contributed by atoms with Crippen LogP contribution >= 0.6 is 0 Å². The Balaban J connectivity index is 1.84. The molecule has 6 heteroatoms. The van der Waals surface area contributed by atoms with Gasteiger partial charge in [-0.3, -0.25) is 4.79 Å². The second kappa shape index (κ2) is 8.01. The average molecular weight is 353 g/mol. The van der Waals surface area contributed by atoms with Crippen LogP contribution in [0.15, 0.2) is 24.3 Å². The predicted molar refractivity (Wildman–Crippen MR) is 94.9 cm³/mol. The van der Waals surface area contributed by atoms with Crippen LogP contribution in [0.3, 0.4) is 0 Å². The third kappa shape index (κ3) is 4.72. The van der Waals surface area contributed by atoms with Crippen molar-refractivity contribution in [3.8, 4) is 5.75 Å². The van der Waals surface area contributed by atoms with E-state index in [1.807, 2.05) is 45.0 Å². The Labute approximate surface area is 144 Å². The van der Waals surface area contributed by atoms with Crippen LogP contribution in [0.5, 0.6) is 5.75 Å². The zero-order chi connectivity index (χ0) is 17.7. The number of nitrogens with zero attached hydrogens (tertiary/aromatic N) is 1. The summed E-state index contributed by atoms with van der Waals surface area (Å²) in [7, 11) is -3.08. The summed E-state index contributed by atoms with van der Waals surface area (Å²) in [5, 5.41) is -0.389. The van der Waals surface area contributed by atoms with E-state index < -0.39 is 9.84 Å². The third-order valence-electron chi connectivity index (χ3n) is 4.15. The highest BCUT2D eigenvalue weighted by Crippen LogP contribution is 2.23. The number of carbonyl (C=O) groups is 1. The second-order valence-corrected chi connectivity index (χ2v) is 9.01. The number of rotatable bonds is 8. The predicted octanol–water partition coefficient (Wildman–Crippen LogP) is 2.30. The van der Waals surface area contributed by atoms with Crippen LogP contribution in [0, 0.1) is 5.92 Å². The SMILES string of the molecule is CCOc1ccccc1CCC(=O)N1CC(S(=O)(=O)CC(C)C)C1. The van der Waals surface area contributed by atoms with E-state index in [0.717, 1.165) is 11.3 Å². The molecule has 0 N–H and O–H groups in total. The molecule has 1 amide bonds. The number of hydrogen-bond acceptors (Lipinski definition) is 4. The van der Waals surface area contributed by atoms with Gasteiger partial charge in [0.15, 0.2) is 9.84 Å². The zero-order valence-electron chi connectivity index (χ0n) is 14.7. The van der Waals surface area contributed by atoms with Crippen molar-refractivity contribution in [1.29, 1.82) is 0 Å².